The van der Waals surface area contributed by atoms with Crippen LogP contribution < -0.4 is 11.5 Å². The number of nitrogens with two attached hydrogens (primary N) is 2. The molecule has 0 bridgehead atoms. The van der Waals surface area contributed by atoms with Crippen LogP contribution in [0.25, 0.3) is 5.69 Å². The maximum atomic E-state index is 7.89. The van der Waals surface area contributed by atoms with Crippen molar-refractivity contribution in [2.45, 2.75) is 23.0 Å². The van der Waals surface area contributed by atoms with E-state index in [4.69, 9.17) is 28.5 Å². The number of benzene rings is 2. The summed E-state index contributed by atoms with van der Waals surface area (Å²) >= 11 is 7.52. The smallest absolute Gasteiger partial charge is 0.204 e. The van der Waals surface area contributed by atoms with Crippen LogP contribution in [0.3, 0.4) is 0 Å². The molecule has 7 heteroatoms. The number of anilines is 1. The lowest BCUT2D eigenvalue weighted by molar-refractivity contribution is 0.869. The number of rotatable bonds is 7. The van der Waals surface area contributed by atoms with Crippen LogP contribution in [0, 0.1) is 5.41 Å². The molecule has 0 amide bonds. The number of aryl methyl sites for hydroxylation is 1. The molecule has 0 aliphatic heterocycles. The maximum absolute atomic E-state index is 7.89. The average Bonchev–Trinajstić information content (AvgIpc) is 3.06. The van der Waals surface area contributed by atoms with Crippen LogP contribution in [0.1, 0.15) is 12.0 Å². The van der Waals surface area contributed by atoms with Crippen molar-refractivity contribution in [1.29, 1.82) is 5.41 Å². The molecule has 0 aliphatic carbocycles. The molecule has 1 unspecified atom stereocenters. The van der Waals surface area contributed by atoms with E-state index >= 15 is 0 Å². The van der Waals surface area contributed by atoms with Crippen LogP contribution >= 0.6 is 23.4 Å². The first kappa shape index (κ1) is 18.4. The lowest BCUT2D eigenvalue weighted by Gasteiger charge is -2.15. The molecule has 1 heterocycles. The Hall–Kier alpha value is -2.44. The number of hydrogen-bond donors (Lipinski definition) is 3. The van der Waals surface area contributed by atoms with Gasteiger partial charge in [0.05, 0.1) is 5.25 Å². The molecule has 5 N–H and O–H groups in total. The highest BCUT2D eigenvalue weighted by molar-refractivity contribution is 8.00. The second kappa shape index (κ2) is 8.29. The molecule has 0 spiro atoms. The number of amidine groups is 1. The van der Waals surface area contributed by atoms with Gasteiger partial charge in [-0.25, -0.2) is 4.98 Å². The molecular formula is C19H20ClN5S. The molecule has 5 nitrogen and oxygen atoms in total. The molecule has 0 saturated heterocycles. The van der Waals surface area contributed by atoms with Crippen molar-refractivity contribution in [3.63, 3.8) is 0 Å². The van der Waals surface area contributed by atoms with Crippen LogP contribution in [-0.2, 0) is 6.42 Å². The number of hydrogen-bond acceptors (Lipinski definition) is 4. The molecule has 2 aromatic carbocycles. The monoisotopic (exact) mass is 385 g/mol. The minimum atomic E-state index is -0.0742. The number of nitrogen functional groups attached to an aromatic ring is 1. The second-order valence-corrected chi connectivity index (χ2v) is 7.59. The second-order valence-electron chi connectivity index (χ2n) is 5.88. The molecule has 0 fully saturated rings. The van der Waals surface area contributed by atoms with Crippen LogP contribution in [-0.4, -0.2) is 20.6 Å². The Morgan fingerprint density at radius 3 is 2.42 bits per heavy atom. The quantitative estimate of drug-likeness (QED) is 0.323. The molecule has 1 aromatic heterocycles. The number of nitrogens with one attached hydrogen (secondary N) is 1. The normalized spacial score (nSPS) is 12.0. The van der Waals surface area contributed by atoms with Gasteiger partial charge in [-0.3, -0.25) is 9.98 Å². The third-order valence-corrected chi connectivity index (χ3v) is 5.59. The topological polar surface area (TPSA) is 93.7 Å². The zero-order valence-electron chi connectivity index (χ0n) is 14.1. The summed E-state index contributed by atoms with van der Waals surface area (Å²) < 4.78 is 1.82. The first-order valence-corrected chi connectivity index (χ1v) is 9.43. The molecular weight excluding hydrogens is 366 g/mol. The van der Waals surface area contributed by atoms with E-state index < -0.39 is 0 Å². The van der Waals surface area contributed by atoms with E-state index in [0.717, 1.165) is 28.4 Å². The summed E-state index contributed by atoms with van der Waals surface area (Å²) in [5, 5.41) is 8.54. The van der Waals surface area contributed by atoms with Gasteiger partial charge in [-0.2, -0.15) is 0 Å². The Balaban J connectivity index is 1.65. The molecule has 0 aliphatic rings. The standard InChI is InChI=1S/C19H20ClN5S/c20-14-4-1-13(2-5-14)3-10-17(18(21)22)26-16-8-6-15(7-9-16)25-12-11-24-19(25)23/h1-2,4-9,11-12,17H,3,10H2,(H3,21,22)(H2,23,24). The molecule has 134 valence electrons. The van der Waals surface area contributed by atoms with Crippen molar-refractivity contribution in [3.05, 3.63) is 71.5 Å². The number of thioether (sulfide) groups is 1. The van der Waals surface area contributed by atoms with Gasteiger partial charge < -0.3 is 11.5 Å². The Morgan fingerprint density at radius 1 is 1.15 bits per heavy atom. The van der Waals surface area contributed by atoms with E-state index in [2.05, 4.69) is 4.98 Å². The Labute approximate surface area is 161 Å². The summed E-state index contributed by atoms with van der Waals surface area (Å²) in [5.41, 5.74) is 13.8. The molecule has 0 saturated carbocycles. The molecule has 3 rings (SSSR count). The van der Waals surface area contributed by atoms with Gasteiger partial charge in [0, 0.05) is 28.0 Å². The van der Waals surface area contributed by atoms with Gasteiger partial charge >= 0.3 is 0 Å². The lowest BCUT2D eigenvalue weighted by atomic mass is 10.1. The highest BCUT2D eigenvalue weighted by atomic mass is 35.5. The Kier molecular flexibility index (Phi) is 5.85. The number of halogens is 1. The van der Waals surface area contributed by atoms with Crippen molar-refractivity contribution in [2.24, 2.45) is 5.73 Å². The minimum absolute atomic E-state index is 0.0742. The first-order valence-electron chi connectivity index (χ1n) is 8.17. The molecule has 3 aromatic rings. The van der Waals surface area contributed by atoms with Crippen LogP contribution in [0.5, 0.6) is 0 Å². The highest BCUT2D eigenvalue weighted by Crippen LogP contribution is 2.28. The van der Waals surface area contributed by atoms with E-state index in [9.17, 15) is 0 Å². The maximum Gasteiger partial charge on any atom is 0.204 e. The zero-order valence-corrected chi connectivity index (χ0v) is 15.7. The van der Waals surface area contributed by atoms with Gasteiger partial charge in [0.1, 0.15) is 5.84 Å². The van der Waals surface area contributed by atoms with Gasteiger partial charge in [0.25, 0.3) is 0 Å². The van der Waals surface area contributed by atoms with Gasteiger partial charge in [-0.1, -0.05) is 23.7 Å². The number of imidazole rings is 1. The van der Waals surface area contributed by atoms with E-state index in [-0.39, 0.29) is 11.1 Å². The SMILES string of the molecule is N=C(N)C(CCc1ccc(Cl)cc1)Sc1ccc(-n2ccnc2N)cc1. The van der Waals surface area contributed by atoms with E-state index in [1.807, 2.05) is 59.3 Å². The van der Waals surface area contributed by atoms with Crippen molar-refractivity contribution in [3.8, 4) is 5.69 Å². The minimum Gasteiger partial charge on any atom is -0.387 e. The van der Waals surface area contributed by atoms with Crippen LogP contribution in [0.4, 0.5) is 5.95 Å². The van der Waals surface area contributed by atoms with Crippen LogP contribution in [0.15, 0.2) is 65.8 Å². The third-order valence-electron chi connectivity index (χ3n) is 4.02. The predicted molar refractivity (Wildman–Crippen MR) is 109 cm³/mol. The summed E-state index contributed by atoms with van der Waals surface area (Å²) in [5.74, 6) is 0.641. The first-order chi connectivity index (χ1) is 12.5. The lowest BCUT2D eigenvalue weighted by Crippen LogP contribution is -2.25. The summed E-state index contributed by atoms with van der Waals surface area (Å²) in [6, 6.07) is 15.8. The Morgan fingerprint density at radius 2 is 1.85 bits per heavy atom. The van der Waals surface area contributed by atoms with Gasteiger partial charge in [0.2, 0.25) is 5.95 Å². The summed E-state index contributed by atoms with van der Waals surface area (Å²) in [4.78, 5) is 5.09. The van der Waals surface area contributed by atoms with Crippen molar-refractivity contribution in [2.75, 3.05) is 5.73 Å². The summed E-state index contributed by atoms with van der Waals surface area (Å²) in [6.45, 7) is 0. The van der Waals surface area contributed by atoms with Gasteiger partial charge in [-0.05, 0) is 54.8 Å². The Bertz CT molecular complexity index is 874. The van der Waals surface area contributed by atoms with Crippen molar-refractivity contribution in [1.82, 2.24) is 9.55 Å². The van der Waals surface area contributed by atoms with E-state index in [1.165, 1.54) is 5.56 Å². The number of nitrogens with zero attached hydrogens (tertiary/aromatic N) is 2. The van der Waals surface area contributed by atoms with E-state index in [0.29, 0.717) is 5.95 Å². The number of aromatic nitrogens is 2. The average molecular weight is 386 g/mol. The fraction of sp³-hybridized carbons (Fsp3) is 0.158. The molecule has 1 atom stereocenters. The predicted octanol–water partition coefficient (Wildman–Crippen LogP) is 4.14. The zero-order chi connectivity index (χ0) is 18.5. The van der Waals surface area contributed by atoms with Crippen LogP contribution in [0.2, 0.25) is 5.02 Å². The summed E-state index contributed by atoms with van der Waals surface area (Å²) in [6.07, 6.45) is 5.12. The molecule has 26 heavy (non-hydrogen) atoms. The van der Waals surface area contributed by atoms with Crippen molar-refractivity contribution < 1.29 is 0 Å². The van der Waals surface area contributed by atoms with Gasteiger partial charge in [0.15, 0.2) is 0 Å². The summed E-state index contributed by atoms with van der Waals surface area (Å²) in [7, 11) is 0. The third kappa shape index (κ3) is 4.59. The van der Waals surface area contributed by atoms with E-state index in [1.54, 1.807) is 18.0 Å². The molecule has 0 radical (unpaired) electrons. The highest BCUT2D eigenvalue weighted by Gasteiger charge is 2.14. The fourth-order valence-electron chi connectivity index (χ4n) is 2.61. The van der Waals surface area contributed by atoms with Gasteiger partial charge in [-0.15, -0.1) is 11.8 Å². The van der Waals surface area contributed by atoms with Crippen molar-refractivity contribution >= 4 is 35.1 Å². The fourth-order valence-corrected chi connectivity index (χ4v) is 3.72. The largest absolute Gasteiger partial charge is 0.387 e.